The zero-order valence-corrected chi connectivity index (χ0v) is 21.6. The monoisotopic (exact) mass is 517 g/mol. The van der Waals surface area contributed by atoms with Crippen molar-refractivity contribution in [2.75, 3.05) is 18.6 Å². The van der Waals surface area contributed by atoms with Crippen molar-refractivity contribution in [3.63, 3.8) is 0 Å². The number of nitrogens with zero attached hydrogens (tertiary/aromatic N) is 3. The van der Waals surface area contributed by atoms with Gasteiger partial charge in [0.25, 0.3) is 0 Å². The first-order chi connectivity index (χ1) is 17.9. The second-order valence-corrected chi connectivity index (χ2v) is 10.3. The van der Waals surface area contributed by atoms with Gasteiger partial charge in [0.1, 0.15) is 6.29 Å². The van der Waals surface area contributed by atoms with Crippen LogP contribution in [0.3, 0.4) is 0 Å². The Bertz CT molecular complexity index is 1390. The molecular formula is C29H28ClN3O4. The maximum Gasteiger partial charge on any atom is 0.233 e. The lowest BCUT2D eigenvalue weighted by molar-refractivity contribution is -0.131. The highest BCUT2D eigenvalue weighted by atomic mass is 35.5. The molecule has 0 saturated carbocycles. The molecule has 2 bridgehead atoms. The van der Waals surface area contributed by atoms with Crippen LogP contribution < -0.4 is 9.64 Å². The van der Waals surface area contributed by atoms with Crippen LogP contribution in [0, 0.1) is 23.2 Å². The standard InChI is InChI=1S/C29H28ClN3O4/c1-3-28-12-13-29(37-28,14-15-36-25-11-9-20(30)17-32-25)23(18-34)26(28)27(35)33(2)24-10-8-19(16-31)21-6-4-5-7-22(21)24/h4-11,17-18,23,26H,3,12-15H2,1-2H3/t23-,26-,28-,29-/m1/s1. The molecule has 3 heterocycles. The smallest absolute Gasteiger partial charge is 0.233 e. The van der Waals surface area contributed by atoms with Gasteiger partial charge in [-0.25, -0.2) is 4.98 Å². The summed E-state index contributed by atoms with van der Waals surface area (Å²) in [5.41, 5.74) is -0.228. The number of halogens is 1. The fourth-order valence-electron chi connectivity index (χ4n) is 6.18. The minimum Gasteiger partial charge on any atom is -0.478 e. The lowest BCUT2D eigenvalue weighted by Gasteiger charge is -2.37. The Kier molecular flexibility index (Phi) is 6.65. The molecule has 4 atom stereocenters. The molecular weight excluding hydrogens is 490 g/mol. The third kappa shape index (κ3) is 4.14. The van der Waals surface area contributed by atoms with E-state index in [1.54, 1.807) is 36.2 Å². The molecule has 0 unspecified atom stereocenters. The zero-order chi connectivity index (χ0) is 26.2. The Balaban J connectivity index is 1.43. The van der Waals surface area contributed by atoms with Crippen LogP contribution in [-0.4, -0.2) is 42.0 Å². The molecule has 0 N–H and O–H groups in total. The fraction of sp³-hybridized carbons (Fsp3) is 0.379. The predicted octanol–water partition coefficient (Wildman–Crippen LogP) is 5.33. The highest BCUT2D eigenvalue weighted by molar-refractivity contribution is 6.30. The SMILES string of the molecule is CC[C@]12CC[C@](CCOc3ccc(Cl)cn3)(O1)[C@H](C=O)[C@@H]2C(=O)N(C)c1ccc(C#N)c2ccccc12. The van der Waals surface area contributed by atoms with Gasteiger partial charge in [0.2, 0.25) is 11.8 Å². The van der Waals surface area contributed by atoms with Crippen molar-refractivity contribution >= 4 is 40.3 Å². The number of hydrogen-bond acceptors (Lipinski definition) is 6. The predicted molar refractivity (Wildman–Crippen MR) is 141 cm³/mol. The minimum atomic E-state index is -0.766. The van der Waals surface area contributed by atoms with Crippen molar-refractivity contribution in [3.05, 3.63) is 65.3 Å². The van der Waals surface area contributed by atoms with Crippen LogP contribution in [0.15, 0.2) is 54.7 Å². The molecule has 7 nitrogen and oxygen atoms in total. The summed E-state index contributed by atoms with van der Waals surface area (Å²) in [6.07, 6.45) is 4.89. The minimum absolute atomic E-state index is 0.157. The lowest BCUT2D eigenvalue weighted by atomic mass is 9.65. The van der Waals surface area contributed by atoms with Gasteiger partial charge in [0.15, 0.2) is 0 Å². The van der Waals surface area contributed by atoms with Crippen LogP contribution in [-0.2, 0) is 14.3 Å². The van der Waals surface area contributed by atoms with E-state index in [-0.39, 0.29) is 5.91 Å². The van der Waals surface area contributed by atoms with Crippen molar-refractivity contribution < 1.29 is 19.1 Å². The summed E-state index contributed by atoms with van der Waals surface area (Å²) in [6, 6.07) is 16.7. The number of rotatable bonds is 8. The number of anilines is 1. The first-order valence-corrected chi connectivity index (χ1v) is 12.8. The number of pyridine rings is 1. The van der Waals surface area contributed by atoms with Crippen LogP contribution >= 0.6 is 11.6 Å². The van der Waals surface area contributed by atoms with E-state index in [4.69, 9.17) is 21.1 Å². The Morgan fingerprint density at radius 1 is 1.22 bits per heavy atom. The molecule has 2 aromatic carbocycles. The van der Waals surface area contributed by atoms with Gasteiger partial charge in [-0.05, 0) is 37.5 Å². The molecule has 2 saturated heterocycles. The Morgan fingerprint density at radius 3 is 2.65 bits per heavy atom. The van der Waals surface area contributed by atoms with Gasteiger partial charge in [-0.3, -0.25) is 4.79 Å². The Morgan fingerprint density at radius 2 is 1.97 bits per heavy atom. The number of nitriles is 1. The quantitative estimate of drug-likeness (QED) is 0.375. The van der Waals surface area contributed by atoms with Crippen molar-refractivity contribution in [1.29, 1.82) is 5.26 Å². The maximum absolute atomic E-state index is 14.1. The van der Waals surface area contributed by atoms with Crippen LogP contribution in [0.1, 0.15) is 38.2 Å². The molecule has 0 spiro atoms. The summed E-state index contributed by atoms with van der Waals surface area (Å²) in [6.45, 7) is 2.31. The summed E-state index contributed by atoms with van der Waals surface area (Å²) in [5, 5.41) is 11.7. The van der Waals surface area contributed by atoms with E-state index < -0.39 is 23.0 Å². The number of amides is 1. The molecule has 2 aliphatic rings. The van der Waals surface area contributed by atoms with Crippen LogP contribution in [0.5, 0.6) is 5.88 Å². The van der Waals surface area contributed by atoms with E-state index in [0.29, 0.717) is 54.4 Å². The number of benzene rings is 2. The van der Waals surface area contributed by atoms with E-state index in [1.165, 1.54) is 6.20 Å². The van der Waals surface area contributed by atoms with E-state index >= 15 is 0 Å². The molecule has 2 aliphatic heterocycles. The maximum atomic E-state index is 14.1. The van der Waals surface area contributed by atoms with E-state index in [1.807, 2.05) is 31.2 Å². The number of fused-ring (bicyclic) bond motifs is 3. The molecule has 1 amide bonds. The Labute approximate surface area is 220 Å². The largest absolute Gasteiger partial charge is 0.478 e. The van der Waals surface area contributed by atoms with Gasteiger partial charge in [0, 0.05) is 36.5 Å². The summed E-state index contributed by atoms with van der Waals surface area (Å²) >= 11 is 5.90. The first-order valence-electron chi connectivity index (χ1n) is 12.5. The van der Waals surface area contributed by atoms with Gasteiger partial charge < -0.3 is 19.2 Å². The summed E-state index contributed by atoms with van der Waals surface area (Å²) < 4.78 is 12.5. The molecule has 0 aliphatic carbocycles. The summed E-state index contributed by atoms with van der Waals surface area (Å²) in [5.74, 6) is -0.920. The highest BCUT2D eigenvalue weighted by Crippen LogP contribution is 2.60. The van der Waals surface area contributed by atoms with Gasteiger partial charge in [0.05, 0.1) is 52.0 Å². The normalized spacial score (nSPS) is 26.1. The van der Waals surface area contributed by atoms with E-state index in [9.17, 15) is 14.9 Å². The summed E-state index contributed by atoms with van der Waals surface area (Å²) in [4.78, 5) is 32.4. The molecule has 0 radical (unpaired) electrons. The van der Waals surface area contributed by atoms with Crippen molar-refractivity contribution in [2.24, 2.45) is 11.8 Å². The van der Waals surface area contributed by atoms with E-state index in [0.717, 1.165) is 17.1 Å². The molecule has 37 heavy (non-hydrogen) atoms. The van der Waals surface area contributed by atoms with Crippen molar-refractivity contribution in [1.82, 2.24) is 4.98 Å². The van der Waals surface area contributed by atoms with Gasteiger partial charge in [-0.1, -0.05) is 42.8 Å². The second-order valence-electron chi connectivity index (χ2n) is 9.82. The lowest BCUT2D eigenvalue weighted by Crippen LogP contribution is -2.50. The molecule has 190 valence electrons. The molecule has 2 fully saturated rings. The third-order valence-electron chi connectivity index (χ3n) is 8.11. The number of aldehydes is 1. The molecule has 3 aromatic rings. The molecule has 1 aromatic heterocycles. The average molecular weight is 518 g/mol. The highest BCUT2D eigenvalue weighted by Gasteiger charge is 2.68. The van der Waals surface area contributed by atoms with E-state index in [2.05, 4.69) is 11.1 Å². The van der Waals surface area contributed by atoms with Crippen molar-refractivity contribution in [3.8, 4) is 11.9 Å². The van der Waals surface area contributed by atoms with Crippen LogP contribution in [0.4, 0.5) is 5.69 Å². The summed E-state index contributed by atoms with van der Waals surface area (Å²) in [7, 11) is 1.73. The third-order valence-corrected chi connectivity index (χ3v) is 8.33. The second kappa shape index (κ2) is 9.77. The van der Waals surface area contributed by atoms with Crippen LogP contribution in [0.2, 0.25) is 5.02 Å². The molecule has 5 rings (SSSR count). The molecule has 8 heteroatoms. The van der Waals surface area contributed by atoms with Crippen LogP contribution in [0.25, 0.3) is 10.8 Å². The topological polar surface area (TPSA) is 92.5 Å². The van der Waals surface area contributed by atoms with Gasteiger partial charge >= 0.3 is 0 Å². The number of carbonyl (C=O) groups excluding carboxylic acids is 2. The fourth-order valence-corrected chi connectivity index (χ4v) is 6.30. The zero-order valence-electron chi connectivity index (χ0n) is 20.8. The number of aromatic nitrogens is 1. The van der Waals surface area contributed by atoms with Crippen molar-refractivity contribution in [2.45, 2.75) is 43.8 Å². The number of ether oxygens (including phenoxy) is 2. The number of hydrogen-bond donors (Lipinski definition) is 0. The average Bonchev–Trinajstić information content (AvgIpc) is 3.44. The van der Waals surface area contributed by atoms with Gasteiger partial charge in [-0.2, -0.15) is 5.26 Å². The Hall–Kier alpha value is -3.47. The first kappa shape index (κ1) is 25.2. The number of carbonyl (C=O) groups is 2. The van der Waals surface area contributed by atoms with Gasteiger partial charge in [-0.15, -0.1) is 0 Å².